The molecule has 0 radical (unpaired) electrons. The molecule has 43 heavy (non-hydrogen) atoms. The molecule has 5 N–H and O–H groups in total. The van der Waals surface area contributed by atoms with Crippen LogP contribution in [0.4, 0.5) is 11.4 Å². The van der Waals surface area contributed by atoms with Crippen LogP contribution in [0, 0.1) is 0 Å². The van der Waals surface area contributed by atoms with Crippen LogP contribution >= 0.6 is 0 Å². The summed E-state index contributed by atoms with van der Waals surface area (Å²) in [4.78, 5) is 18.2. The molecule has 0 bridgehead atoms. The fourth-order valence-electron chi connectivity index (χ4n) is 4.62. The lowest BCUT2D eigenvalue weighted by molar-refractivity contribution is -0.114. The summed E-state index contributed by atoms with van der Waals surface area (Å²) in [5.41, 5.74) is 4.92. The minimum atomic E-state index is -0.364. The second-order valence-corrected chi connectivity index (χ2v) is 10.1. The second-order valence-electron chi connectivity index (χ2n) is 10.1. The van der Waals surface area contributed by atoms with Gasteiger partial charge in [0.15, 0.2) is 0 Å². The van der Waals surface area contributed by atoms with Gasteiger partial charge < -0.3 is 20.7 Å². The Morgan fingerprint density at radius 3 is 2.33 bits per heavy atom. The molecule has 218 valence electrons. The number of carbonyl (C=O) groups excluding carboxylic acids is 1. The highest BCUT2D eigenvalue weighted by atomic mass is 16.5. The van der Waals surface area contributed by atoms with Crippen molar-refractivity contribution in [1.82, 2.24) is 10.6 Å². The van der Waals surface area contributed by atoms with Crippen molar-refractivity contribution in [3.8, 4) is 11.5 Å². The normalized spacial score (nSPS) is 14.0. The largest absolute Gasteiger partial charge is 0.457 e. The zero-order valence-electron chi connectivity index (χ0n) is 24.2. The van der Waals surface area contributed by atoms with Crippen LogP contribution in [0.3, 0.4) is 0 Å². The molecule has 1 unspecified atom stereocenters. The summed E-state index contributed by atoms with van der Waals surface area (Å²) >= 11 is 0. The first-order valence-corrected chi connectivity index (χ1v) is 14.3. The molecule has 8 nitrogen and oxygen atoms in total. The monoisotopic (exact) mass is 572 g/mol. The highest BCUT2D eigenvalue weighted by molar-refractivity contribution is 6.06. The van der Waals surface area contributed by atoms with Gasteiger partial charge in [-0.2, -0.15) is 0 Å². The number of aliphatic imine (C=N–C) groups is 1. The molecule has 1 aliphatic rings. The topological polar surface area (TPSA) is 104 Å². The molecule has 1 atom stereocenters. The molecule has 8 heteroatoms. The van der Waals surface area contributed by atoms with E-state index in [1.807, 2.05) is 84.9 Å². The van der Waals surface area contributed by atoms with Crippen LogP contribution in [0.1, 0.15) is 37.1 Å². The molecule has 0 saturated carbocycles. The van der Waals surface area contributed by atoms with E-state index in [0.717, 1.165) is 34.0 Å². The number of nitrogens with one attached hydrogen (secondary N) is 3. The summed E-state index contributed by atoms with van der Waals surface area (Å²) < 4.78 is 5.85. The van der Waals surface area contributed by atoms with E-state index in [2.05, 4.69) is 29.5 Å². The Morgan fingerprint density at radius 2 is 1.60 bits per heavy atom. The van der Waals surface area contributed by atoms with E-state index in [1.165, 1.54) is 6.08 Å². The predicted octanol–water partition coefficient (Wildman–Crippen LogP) is 6.63. The molecule has 1 heterocycles. The number of rotatable bonds is 11. The molecule has 0 spiro atoms. The standard InChI is InChI=1S/C35H36N6O2/c1-3-22-37-27(24-33(42)41(36)28-18-20-30(21-19-28)43-29-14-8-5-9-15-29)23-25(2)38-35-31-16-10-11-17-32(31)39-34(40-35)26-12-6-4-7-13-26/h4-21,24,34,37,39H,2-3,22-23,36H2,1H3,(H,38,40)/b27-24+. The third kappa shape index (κ3) is 7.69. The Kier molecular flexibility index (Phi) is 9.51. The summed E-state index contributed by atoms with van der Waals surface area (Å²) in [6.45, 7) is 7.03. The minimum Gasteiger partial charge on any atom is -0.457 e. The lowest BCUT2D eigenvalue weighted by atomic mass is 10.1. The van der Waals surface area contributed by atoms with Crippen LogP contribution in [0.5, 0.6) is 11.5 Å². The number of hydrazine groups is 1. The molecule has 0 fully saturated rings. The molecule has 1 aliphatic heterocycles. The third-order valence-corrected chi connectivity index (χ3v) is 6.78. The molecule has 0 aromatic heterocycles. The molecule has 4 aromatic carbocycles. The van der Waals surface area contributed by atoms with Crippen molar-refractivity contribution >= 4 is 23.1 Å². The van der Waals surface area contributed by atoms with Gasteiger partial charge >= 0.3 is 0 Å². The van der Waals surface area contributed by atoms with Crippen LogP contribution in [0.15, 0.2) is 138 Å². The van der Waals surface area contributed by atoms with Gasteiger partial charge in [0, 0.05) is 41.7 Å². The highest BCUT2D eigenvalue weighted by Crippen LogP contribution is 2.29. The summed E-state index contributed by atoms with van der Waals surface area (Å²) in [6.07, 6.45) is 2.55. The molecule has 0 aliphatic carbocycles. The van der Waals surface area contributed by atoms with Crippen LogP contribution in [0.25, 0.3) is 0 Å². The first kappa shape index (κ1) is 29.2. The van der Waals surface area contributed by atoms with E-state index in [9.17, 15) is 4.79 Å². The van der Waals surface area contributed by atoms with Crippen molar-refractivity contribution in [2.45, 2.75) is 25.9 Å². The maximum atomic E-state index is 13.2. The van der Waals surface area contributed by atoms with Crippen LogP contribution in [-0.2, 0) is 4.79 Å². The summed E-state index contributed by atoms with van der Waals surface area (Å²) in [6, 6.07) is 34.7. The molecular formula is C35H36N6O2. The van der Waals surface area contributed by atoms with E-state index in [4.69, 9.17) is 15.6 Å². The number of ether oxygens (including phenoxy) is 1. The van der Waals surface area contributed by atoms with E-state index >= 15 is 0 Å². The number of para-hydroxylation sites is 2. The lowest BCUT2D eigenvalue weighted by Gasteiger charge is -2.27. The Morgan fingerprint density at radius 1 is 0.953 bits per heavy atom. The molecule has 1 amide bonds. The van der Waals surface area contributed by atoms with E-state index < -0.39 is 0 Å². The Hall–Kier alpha value is -5.34. The fraction of sp³-hybridized carbons (Fsp3) is 0.143. The third-order valence-electron chi connectivity index (χ3n) is 6.78. The van der Waals surface area contributed by atoms with Gasteiger partial charge in [-0.1, -0.05) is 74.2 Å². The van der Waals surface area contributed by atoms with Crippen molar-refractivity contribution in [3.63, 3.8) is 0 Å². The number of carbonyl (C=O) groups is 1. The quantitative estimate of drug-likeness (QED) is 0.0696. The van der Waals surface area contributed by atoms with Gasteiger partial charge in [-0.15, -0.1) is 0 Å². The number of nitrogens with zero attached hydrogens (tertiary/aromatic N) is 2. The van der Waals surface area contributed by atoms with Gasteiger partial charge in [0.1, 0.15) is 23.5 Å². The zero-order chi connectivity index (χ0) is 30.0. The lowest BCUT2D eigenvalue weighted by Crippen LogP contribution is -2.37. The fourth-order valence-corrected chi connectivity index (χ4v) is 4.62. The van der Waals surface area contributed by atoms with Gasteiger partial charge in [-0.25, -0.2) is 15.8 Å². The van der Waals surface area contributed by atoms with Gasteiger partial charge in [0.05, 0.1) is 5.69 Å². The molecule has 4 aromatic rings. The summed E-state index contributed by atoms with van der Waals surface area (Å²) in [5, 5.41) is 11.4. The van der Waals surface area contributed by atoms with Gasteiger partial charge in [0.25, 0.3) is 5.91 Å². The number of hydrogen-bond acceptors (Lipinski definition) is 7. The SMILES string of the molecule is C=C(C/C(=C\C(=O)N(N)c1ccc(Oc2ccccc2)cc1)NCCC)NC1=NC(c2ccccc2)Nc2ccccc21. The van der Waals surface area contributed by atoms with Crippen molar-refractivity contribution in [3.05, 3.63) is 144 Å². The average molecular weight is 573 g/mol. The van der Waals surface area contributed by atoms with Gasteiger partial charge in [-0.3, -0.25) is 4.79 Å². The van der Waals surface area contributed by atoms with Crippen LogP contribution in [0.2, 0.25) is 0 Å². The zero-order valence-corrected chi connectivity index (χ0v) is 24.2. The number of nitrogens with two attached hydrogens (primary N) is 1. The summed E-state index contributed by atoms with van der Waals surface area (Å²) in [7, 11) is 0. The number of amidine groups is 1. The van der Waals surface area contributed by atoms with Gasteiger partial charge in [-0.05, 0) is 60.5 Å². The number of hydrogen-bond donors (Lipinski definition) is 4. The predicted molar refractivity (Wildman–Crippen MR) is 174 cm³/mol. The number of fused-ring (bicyclic) bond motifs is 1. The van der Waals surface area contributed by atoms with E-state index in [0.29, 0.717) is 41.6 Å². The maximum Gasteiger partial charge on any atom is 0.266 e. The van der Waals surface area contributed by atoms with E-state index in [-0.39, 0.29) is 12.1 Å². The highest BCUT2D eigenvalue weighted by Gasteiger charge is 2.22. The molecular weight excluding hydrogens is 536 g/mol. The maximum absolute atomic E-state index is 13.2. The second kappa shape index (κ2) is 14.0. The molecule has 5 rings (SSSR count). The number of benzene rings is 4. The van der Waals surface area contributed by atoms with E-state index in [1.54, 1.807) is 24.3 Å². The van der Waals surface area contributed by atoms with Crippen LogP contribution < -0.4 is 31.5 Å². The molecule has 0 saturated heterocycles. The van der Waals surface area contributed by atoms with Crippen molar-refractivity contribution < 1.29 is 9.53 Å². The van der Waals surface area contributed by atoms with Gasteiger partial charge in [0.2, 0.25) is 0 Å². The Labute approximate surface area is 252 Å². The Bertz CT molecular complexity index is 1600. The van der Waals surface area contributed by atoms with Crippen molar-refractivity contribution in [2.75, 3.05) is 16.9 Å². The smallest absolute Gasteiger partial charge is 0.266 e. The summed E-state index contributed by atoms with van der Waals surface area (Å²) in [5.74, 6) is 7.96. The first-order chi connectivity index (χ1) is 21.0. The Balaban J connectivity index is 1.28. The van der Waals surface area contributed by atoms with Crippen molar-refractivity contribution in [1.29, 1.82) is 0 Å². The average Bonchev–Trinajstić information content (AvgIpc) is 3.04. The van der Waals surface area contributed by atoms with Crippen molar-refractivity contribution in [2.24, 2.45) is 10.8 Å². The number of amides is 1. The minimum absolute atomic E-state index is 0.239. The first-order valence-electron chi connectivity index (χ1n) is 14.3. The van der Waals surface area contributed by atoms with Crippen LogP contribution in [-0.4, -0.2) is 18.3 Å². The number of anilines is 2.